The van der Waals surface area contributed by atoms with Crippen LogP contribution in [0.2, 0.25) is 0 Å². The van der Waals surface area contributed by atoms with Gasteiger partial charge in [0.1, 0.15) is 10.8 Å². The first kappa shape index (κ1) is 23.9. The van der Waals surface area contributed by atoms with E-state index in [9.17, 15) is 4.79 Å². The number of carbonyl (C=O) groups excluding carboxylic acids is 1. The number of benzene rings is 2. The zero-order valence-corrected chi connectivity index (χ0v) is 22.1. The van der Waals surface area contributed by atoms with Crippen molar-refractivity contribution in [2.45, 2.75) is 51.6 Å². The van der Waals surface area contributed by atoms with Gasteiger partial charge in [-0.15, -0.1) is 11.3 Å². The molecule has 1 N–H and O–H groups in total. The fourth-order valence-corrected chi connectivity index (χ4v) is 7.14. The first-order chi connectivity index (χ1) is 18.2. The highest BCUT2D eigenvalue weighted by Crippen LogP contribution is 2.44. The topological polar surface area (TPSA) is 46.5 Å². The number of amides is 2. The molecule has 0 spiro atoms. The number of rotatable bonds is 6. The zero-order valence-electron chi connectivity index (χ0n) is 21.3. The van der Waals surface area contributed by atoms with E-state index in [0.717, 1.165) is 36.3 Å². The van der Waals surface area contributed by atoms with Crippen molar-refractivity contribution in [3.8, 4) is 10.8 Å². The summed E-state index contributed by atoms with van der Waals surface area (Å²) in [7, 11) is 0. The van der Waals surface area contributed by atoms with Crippen LogP contribution >= 0.6 is 11.3 Å². The highest BCUT2D eigenvalue weighted by molar-refractivity contribution is 7.15. The molecule has 1 atom stereocenters. The monoisotopic (exact) mass is 511 g/mol. The second kappa shape index (κ2) is 10.5. The Hall–Kier alpha value is -3.51. The molecule has 5 nitrogen and oxygen atoms in total. The Morgan fingerprint density at radius 2 is 1.89 bits per heavy atom. The summed E-state index contributed by atoms with van der Waals surface area (Å²) in [6, 6.07) is 22.6. The molecule has 4 aromatic rings. The van der Waals surface area contributed by atoms with Crippen molar-refractivity contribution in [2.75, 3.05) is 13.2 Å². The third-order valence-corrected chi connectivity index (χ3v) is 8.79. The van der Waals surface area contributed by atoms with Crippen molar-refractivity contribution in [1.82, 2.24) is 14.8 Å². The minimum absolute atomic E-state index is 0.0286. The first-order valence-electron chi connectivity index (χ1n) is 13.3. The van der Waals surface area contributed by atoms with E-state index in [1.165, 1.54) is 39.4 Å². The van der Waals surface area contributed by atoms with Gasteiger partial charge in [-0.1, -0.05) is 42.5 Å². The number of ether oxygens (including phenoxy) is 1. The summed E-state index contributed by atoms with van der Waals surface area (Å²) in [5.74, 6) is 0.832. The zero-order chi connectivity index (χ0) is 25.2. The molecule has 6 heteroatoms. The van der Waals surface area contributed by atoms with E-state index in [2.05, 4.69) is 52.5 Å². The van der Waals surface area contributed by atoms with Crippen LogP contribution in [0.3, 0.4) is 0 Å². The van der Waals surface area contributed by atoms with Gasteiger partial charge in [-0.2, -0.15) is 0 Å². The van der Waals surface area contributed by atoms with Gasteiger partial charge in [0.15, 0.2) is 0 Å². The molecule has 0 fully saturated rings. The van der Waals surface area contributed by atoms with Crippen molar-refractivity contribution < 1.29 is 9.53 Å². The molecule has 6 rings (SSSR count). The number of thiophene rings is 1. The molecular formula is C31H33N3O2S. The number of carbonyl (C=O) groups is 1. The number of nitrogens with one attached hydrogen (secondary N) is 1. The molecule has 0 unspecified atom stereocenters. The van der Waals surface area contributed by atoms with Crippen LogP contribution < -0.4 is 10.1 Å². The summed E-state index contributed by atoms with van der Waals surface area (Å²) in [5.41, 5.74) is 6.19. The maximum Gasteiger partial charge on any atom is 0.318 e. The third kappa shape index (κ3) is 4.66. The van der Waals surface area contributed by atoms with E-state index in [1.54, 1.807) is 0 Å². The van der Waals surface area contributed by atoms with Crippen molar-refractivity contribution in [1.29, 1.82) is 0 Å². The Bertz CT molecular complexity index is 1390. The Labute approximate surface area is 222 Å². The van der Waals surface area contributed by atoms with Gasteiger partial charge in [0.2, 0.25) is 0 Å². The van der Waals surface area contributed by atoms with Crippen LogP contribution in [-0.4, -0.2) is 28.6 Å². The van der Waals surface area contributed by atoms with Gasteiger partial charge in [-0.05, 0) is 80.0 Å². The largest absolute Gasteiger partial charge is 0.494 e. The minimum atomic E-state index is -0.217. The SMILES string of the molecule is CCOc1cccc([C@@H]2c3cccn3-c3sc4c(c3CN2C(=O)NCCc2ccccc2)CCCC4)c1. The number of nitrogens with zero attached hydrogens (tertiary/aromatic N) is 2. The lowest BCUT2D eigenvalue weighted by molar-refractivity contribution is 0.180. The van der Waals surface area contributed by atoms with Gasteiger partial charge in [0, 0.05) is 23.2 Å². The maximum atomic E-state index is 13.9. The molecule has 2 aliphatic rings. The molecule has 1 aliphatic carbocycles. The maximum absolute atomic E-state index is 13.9. The summed E-state index contributed by atoms with van der Waals surface area (Å²) in [6.07, 6.45) is 7.68. The van der Waals surface area contributed by atoms with Gasteiger partial charge in [0.05, 0.1) is 24.9 Å². The predicted molar refractivity (Wildman–Crippen MR) is 149 cm³/mol. The number of urea groups is 1. The van der Waals surface area contributed by atoms with Crippen LogP contribution in [0, 0.1) is 0 Å². The molecule has 0 radical (unpaired) electrons. The van der Waals surface area contributed by atoms with Gasteiger partial charge >= 0.3 is 6.03 Å². The van der Waals surface area contributed by atoms with Crippen LogP contribution in [0.5, 0.6) is 5.75 Å². The van der Waals surface area contributed by atoms with Gasteiger partial charge in [-0.3, -0.25) is 0 Å². The molecular weight excluding hydrogens is 478 g/mol. The van der Waals surface area contributed by atoms with Crippen LogP contribution in [0.25, 0.3) is 5.00 Å². The molecule has 0 bridgehead atoms. The van der Waals surface area contributed by atoms with Gasteiger partial charge < -0.3 is 19.5 Å². The second-order valence-corrected chi connectivity index (χ2v) is 10.9. The summed E-state index contributed by atoms with van der Waals surface area (Å²) in [6.45, 7) is 3.80. The highest BCUT2D eigenvalue weighted by atomic mass is 32.1. The van der Waals surface area contributed by atoms with E-state index < -0.39 is 0 Å². The number of aryl methyl sites for hydroxylation is 1. The van der Waals surface area contributed by atoms with Gasteiger partial charge in [-0.25, -0.2) is 4.79 Å². The van der Waals surface area contributed by atoms with Crippen molar-refractivity contribution in [2.24, 2.45) is 0 Å². The third-order valence-electron chi connectivity index (χ3n) is 7.46. The molecule has 0 saturated carbocycles. The molecule has 0 saturated heterocycles. The second-order valence-electron chi connectivity index (χ2n) is 9.80. The number of aromatic nitrogens is 1. The smallest absolute Gasteiger partial charge is 0.318 e. The van der Waals surface area contributed by atoms with E-state index in [-0.39, 0.29) is 12.1 Å². The minimum Gasteiger partial charge on any atom is -0.494 e. The lowest BCUT2D eigenvalue weighted by Gasteiger charge is -2.31. The molecule has 2 aromatic heterocycles. The van der Waals surface area contributed by atoms with Crippen LogP contribution in [0.4, 0.5) is 4.79 Å². The Morgan fingerprint density at radius 3 is 2.76 bits per heavy atom. The summed E-state index contributed by atoms with van der Waals surface area (Å²) >= 11 is 1.92. The first-order valence-corrected chi connectivity index (χ1v) is 14.2. The molecule has 3 heterocycles. The summed E-state index contributed by atoms with van der Waals surface area (Å²) in [4.78, 5) is 17.5. The van der Waals surface area contributed by atoms with Crippen molar-refractivity contribution in [3.63, 3.8) is 0 Å². The van der Waals surface area contributed by atoms with Crippen molar-refractivity contribution >= 4 is 17.4 Å². The molecule has 2 amide bonds. The summed E-state index contributed by atoms with van der Waals surface area (Å²) in [5, 5.41) is 4.52. The molecule has 190 valence electrons. The van der Waals surface area contributed by atoms with E-state index in [4.69, 9.17) is 4.74 Å². The lowest BCUT2D eigenvalue weighted by atomic mass is 9.95. The molecule has 1 aliphatic heterocycles. The van der Waals surface area contributed by atoms with Crippen LogP contribution in [0.1, 0.15) is 58.6 Å². The lowest BCUT2D eigenvalue weighted by Crippen LogP contribution is -2.42. The average molecular weight is 512 g/mol. The predicted octanol–water partition coefficient (Wildman–Crippen LogP) is 6.67. The highest BCUT2D eigenvalue weighted by Gasteiger charge is 2.36. The Balaban J connectivity index is 1.39. The fourth-order valence-electron chi connectivity index (χ4n) is 5.74. The van der Waals surface area contributed by atoms with E-state index in [0.29, 0.717) is 19.7 Å². The van der Waals surface area contributed by atoms with E-state index >= 15 is 0 Å². The average Bonchev–Trinajstić information content (AvgIpc) is 3.51. The standard InChI is InChI=1S/C31H33N3O2S/c1-2-36-24-13-8-12-23(20-24)29-27-15-9-19-33(27)30-26(25-14-6-7-16-28(25)37-30)21-34(29)31(35)32-18-17-22-10-4-3-5-11-22/h3-5,8-13,15,19-20,29H,2,6-7,14,16-18,21H2,1H3,(H,32,35)/t29-/m1/s1. The quantitative estimate of drug-likeness (QED) is 0.314. The normalized spacial score (nSPS) is 16.4. The molecule has 37 heavy (non-hydrogen) atoms. The van der Waals surface area contributed by atoms with E-state index in [1.807, 2.05) is 53.5 Å². The van der Waals surface area contributed by atoms with Crippen molar-refractivity contribution in [3.05, 3.63) is 106 Å². The number of hydrogen-bond donors (Lipinski definition) is 1. The molecule has 2 aromatic carbocycles. The van der Waals surface area contributed by atoms with Crippen LogP contribution in [0.15, 0.2) is 72.9 Å². The van der Waals surface area contributed by atoms with Gasteiger partial charge in [0.25, 0.3) is 0 Å². The fraction of sp³-hybridized carbons (Fsp3) is 0.323. The Kier molecular flexibility index (Phi) is 6.75. The van der Waals surface area contributed by atoms with Crippen LogP contribution in [-0.2, 0) is 25.8 Å². The summed E-state index contributed by atoms with van der Waals surface area (Å²) < 4.78 is 8.17. The Morgan fingerprint density at radius 1 is 1.03 bits per heavy atom. The number of hydrogen-bond acceptors (Lipinski definition) is 3. The number of fused-ring (bicyclic) bond motifs is 5.